The molecule has 0 aliphatic heterocycles. The van der Waals surface area contributed by atoms with Crippen molar-refractivity contribution in [2.75, 3.05) is 11.9 Å². The zero-order valence-corrected chi connectivity index (χ0v) is 14.0. The van der Waals surface area contributed by atoms with Gasteiger partial charge in [0.05, 0.1) is 10.7 Å². The summed E-state index contributed by atoms with van der Waals surface area (Å²) in [5.74, 6) is 0.352. The molecule has 0 atom stereocenters. The van der Waals surface area contributed by atoms with Crippen LogP contribution in [0.1, 0.15) is 18.1 Å². The van der Waals surface area contributed by atoms with Crippen LogP contribution in [0.25, 0.3) is 0 Å². The summed E-state index contributed by atoms with van der Waals surface area (Å²) in [5, 5.41) is 3.93. The number of benzene rings is 2. The summed E-state index contributed by atoms with van der Waals surface area (Å²) < 4.78 is 5.49. The van der Waals surface area contributed by atoms with Crippen LogP contribution in [0.5, 0.6) is 5.75 Å². The van der Waals surface area contributed by atoms with Crippen molar-refractivity contribution in [2.45, 2.75) is 20.3 Å². The van der Waals surface area contributed by atoms with Gasteiger partial charge in [-0.05, 0) is 54.8 Å². The summed E-state index contributed by atoms with van der Waals surface area (Å²) in [7, 11) is 0. The van der Waals surface area contributed by atoms with Crippen LogP contribution >= 0.6 is 23.2 Å². The molecule has 5 heteroatoms. The minimum absolute atomic E-state index is 0.0883. The number of rotatable bonds is 5. The molecule has 0 saturated heterocycles. The van der Waals surface area contributed by atoms with Crippen LogP contribution in [0.2, 0.25) is 10.0 Å². The number of anilines is 1. The predicted molar refractivity (Wildman–Crippen MR) is 91.1 cm³/mol. The van der Waals surface area contributed by atoms with E-state index < -0.39 is 0 Å². The largest absolute Gasteiger partial charge is 0.484 e. The van der Waals surface area contributed by atoms with E-state index >= 15 is 0 Å². The van der Waals surface area contributed by atoms with Crippen molar-refractivity contribution in [2.24, 2.45) is 0 Å². The van der Waals surface area contributed by atoms with E-state index in [1.165, 1.54) is 0 Å². The molecular formula is C17H17Cl2NO2. The summed E-state index contributed by atoms with van der Waals surface area (Å²) in [6.07, 6.45) is 0.807. The number of hydrogen-bond acceptors (Lipinski definition) is 2. The maximum atomic E-state index is 11.9. The monoisotopic (exact) mass is 337 g/mol. The lowest BCUT2D eigenvalue weighted by Gasteiger charge is -2.10. The zero-order chi connectivity index (χ0) is 16.1. The van der Waals surface area contributed by atoms with Crippen LogP contribution in [-0.2, 0) is 11.2 Å². The minimum Gasteiger partial charge on any atom is -0.484 e. The highest BCUT2D eigenvalue weighted by Gasteiger charge is 2.08. The summed E-state index contributed by atoms with van der Waals surface area (Å²) >= 11 is 12.1. The molecule has 0 fully saturated rings. The van der Waals surface area contributed by atoms with Crippen molar-refractivity contribution in [3.63, 3.8) is 0 Å². The lowest BCUT2D eigenvalue weighted by atomic mass is 10.1. The van der Waals surface area contributed by atoms with Gasteiger partial charge in [0.25, 0.3) is 5.91 Å². The van der Waals surface area contributed by atoms with Gasteiger partial charge in [0.15, 0.2) is 6.61 Å². The number of ether oxygens (including phenoxy) is 1. The molecule has 2 rings (SSSR count). The molecule has 2 aromatic rings. The highest BCUT2D eigenvalue weighted by molar-refractivity contribution is 6.33. The van der Waals surface area contributed by atoms with E-state index in [0.29, 0.717) is 21.5 Å². The van der Waals surface area contributed by atoms with E-state index in [9.17, 15) is 4.79 Å². The Balaban J connectivity index is 1.95. The SMILES string of the molecule is CCc1cc(OCC(=O)Nc2ccc(C)cc2Cl)ccc1Cl. The fourth-order valence-corrected chi connectivity index (χ4v) is 2.50. The second-order valence-corrected chi connectivity index (χ2v) is 5.74. The normalized spacial score (nSPS) is 10.4. The summed E-state index contributed by atoms with van der Waals surface area (Å²) in [5.41, 5.74) is 2.60. The average Bonchev–Trinajstić information content (AvgIpc) is 2.49. The second-order valence-electron chi connectivity index (χ2n) is 4.93. The summed E-state index contributed by atoms with van der Waals surface area (Å²) in [6, 6.07) is 10.8. The quantitative estimate of drug-likeness (QED) is 0.844. The highest BCUT2D eigenvalue weighted by atomic mass is 35.5. The third kappa shape index (κ3) is 4.39. The molecule has 2 aromatic carbocycles. The van der Waals surface area contributed by atoms with Gasteiger partial charge in [-0.2, -0.15) is 0 Å². The first-order chi connectivity index (χ1) is 10.5. The van der Waals surface area contributed by atoms with E-state index in [4.69, 9.17) is 27.9 Å². The molecule has 0 aromatic heterocycles. The van der Waals surface area contributed by atoms with Crippen LogP contribution < -0.4 is 10.1 Å². The van der Waals surface area contributed by atoms with Crippen molar-refractivity contribution < 1.29 is 9.53 Å². The second kappa shape index (κ2) is 7.52. The van der Waals surface area contributed by atoms with Crippen LogP contribution in [-0.4, -0.2) is 12.5 Å². The Morgan fingerprint density at radius 3 is 2.59 bits per heavy atom. The fraction of sp³-hybridized carbons (Fsp3) is 0.235. The number of amides is 1. The summed E-state index contributed by atoms with van der Waals surface area (Å²) in [4.78, 5) is 11.9. The highest BCUT2D eigenvalue weighted by Crippen LogP contribution is 2.24. The molecule has 0 aliphatic rings. The Labute approximate surface area is 140 Å². The van der Waals surface area contributed by atoms with Gasteiger partial charge in [-0.25, -0.2) is 0 Å². The van der Waals surface area contributed by atoms with Crippen molar-refractivity contribution >= 4 is 34.8 Å². The average molecular weight is 338 g/mol. The minimum atomic E-state index is -0.265. The number of aryl methyl sites for hydroxylation is 2. The Bertz CT molecular complexity index is 686. The number of hydrogen-bond donors (Lipinski definition) is 1. The standard InChI is InChI=1S/C17H17Cl2NO2/c1-3-12-9-13(5-6-14(12)18)22-10-17(21)20-16-7-4-11(2)8-15(16)19/h4-9H,3,10H2,1-2H3,(H,20,21). The van der Waals surface area contributed by atoms with E-state index in [1.807, 2.05) is 26.0 Å². The smallest absolute Gasteiger partial charge is 0.262 e. The first-order valence-corrected chi connectivity index (χ1v) is 7.72. The van der Waals surface area contributed by atoms with Gasteiger partial charge in [0.1, 0.15) is 5.75 Å². The lowest BCUT2D eigenvalue weighted by Crippen LogP contribution is -2.20. The molecule has 3 nitrogen and oxygen atoms in total. The van der Waals surface area contributed by atoms with Gasteiger partial charge < -0.3 is 10.1 Å². The molecule has 0 spiro atoms. The van der Waals surface area contributed by atoms with Crippen molar-refractivity contribution in [1.29, 1.82) is 0 Å². The molecule has 0 unspecified atom stereocenters. The topological polar surface area (TPSA) is 38.3 Å². The maximum Gasteiger partial charge on any atom is 0.262 e. The van der Waals surface area contributed by atoms with Crippen LogP contribution in [0.4, 0.5) is 5.69 Å². The van der Waals surface area contributed by atoms with Crippen LogP contribution in [0.15, 0.2) is 36.4 Å². The number of halogens is 2. The first kappa shape index (κ1) is 16.7. The lowest BCUT2D eigenvalue weighted by molar-refractivity contribution is -0.118. The predicted octanol–water partition coefficient (Wildman–Crippen LogP) is 4.88. The Hall–Kier alpha value is -1.71. The Morgan fingerprint density at radius 2 is 1.91 bits per heavy atom. The molecule has 0 heterocycles. The molecule has 0 aliphatic carbocycles. The molecule has 1 amide bonds. The number of carbonyl (C=O) groups is 1. The zero-order valence-electron chi connectivity index (χ0n) is 12.5. The molecule has 0 saturated carbocycles. The Kier molecular flexibility index (Phi) is 5.69. The molecular weight excluding hydrogens is 321 g/mol. The van der Waals surface area contributed by atoms with Crippen molar-refractivity contribution in [3.05, 3.63) is 57.6 Å². The number of carbonyl (C=O) groups excluding carboxylic acids is 1. The fourth-order valence-electron chi connectivity index (χ4n) is 1.97. The molecule has 116 valence electrons. The maximum absolute atomic E-state index is 11.9. The van der Waals surface area contributed by atoms with Gasteiger partial charge >= 0.3 is 0 Å². The Morgan fingerprint density at radius 1 is 1.14 bits per heavy atom. The van der Waals surface area contributed by atoms with E-state index in [-0.39, 0.29) is 12.5 Å². The third-order valence-electron chi connectivity index (χ3n) is 3.17. The van der Waals surface area contributed by atoms with Gasteiger partial charge in [-0.1, -0.05) is 36.2 Å². The van der Waals surface area contributed by atoms with Gasteiger partial charge in [-0.15, -0.1) is 0 Å². The molecule has 0 bridgehead atoms. The van der Waals surface area contributed by atoms with Crippen LogP contribution in [0.3, 0.4) is 0 Å². The van der Waals surface area contributed by atoms with Crippen molar-refractivity contribution in [1.82, 2.24) is 0 Å². The molecule has 0 radical (unpaired) electrons. The number of nitrogens with one attached hydrogen (secondary N) is 1. The summed E-state index contributed by atoms with van der Waals surface area (Å²) in [6.45, 7) is 3.86. The van der Waals surface area contributed by atoms with Gasteiger partial charge in [0, 0.05) is 5.02 Å². The first-order valence-electron chi connectivity index (χ1n) is 6.97. The van der Waals surface area contributed by atoms with Gasteiger partial charge in [0.2, 0.25) is 0 Å². The van der Waals surface area contributed by atoms with Gasteiger partial charge in [-0.3, -0.25) is 4.79 Å². The third-order valence-corrected chi connectivity index (χ3v) is 3.85. The van der Waals surface area contributed by atoms with Crippen molar-refractivity contribution in [3.8, 4) is 5.75 Å². The van der Waals surface area contributed by atoms with E-state index in [1.54, 1.807) is 24.3 Å². The van der Waals surface area contributed by atoms with E-state index in [0.717, 1.165) is 17.5 Å². The molecule has 22 heavy (non-hydrogen) atoms. The van der Waals surface area contributed by atoms with E-state index in [2.05, 4.69) is 5.32 Å². The van der Waals surface area contributed by atoms with Crippen LogP contribution in [0, 0.1) is 6.92 Å². The molecule has 1 N–H and O–H groups in total.